The maximum Gasteiger partial charge on any atom is 0.195 e. The fourth-order valence-corrected chi connectivity index (χ4v) is 1.46. The van der Waals surface area contributed by atoms with Crippen molar-refractivity contribution in [2.24, 2.45) is 0 Å². The van der Waals surface area contributed by atoms with Crippen LogP contribution in [0.15, 0.2) is 36.1 Å². The summed E-state index contributed by atoms with van der Waals surface area (Å²) in [6, 6.07) is 7.06. The predicted molar refractivity (Wildman–Crippen MR) is 51.6 cm³/mol. The average molecular weight is 190 g/mol. The number of fused-ring (bicyclic) bond motifs is 1. The summed E-state index contributed by atoms with van der Waals surface area (Å²) in [4.78, 5) is 11.8. The zero-order valence-electron chi connectivity index (χ0n) is 7.56. The Labute approximate surface area is 81.6 Å². The summed E-state index contributed by atoms with van der Waals surface area (Å²) in [6.45, 7) is 0.426. The molecule has 0 aromatic heterocycles. The topological polar surface area (TPSA) is 46.5 Å². The largest absolute Gasteiger partial charge is 0.515 e. The Morgan fingerprint density at radius 1 is 1.36 bits per heavy atom. The molecule has 0 fully saturated rings. The molecule has 1 aliphatic rings. The van der Waals surface area contributed by atoms with Crippen molar-refractivity contribution in [3.05, 3.63) is 41.7 Å². The third-order valence-electron chi connectivity index (χ3n) is 2.21. The highest BCUT2D eigenvalue weighted by atomic mass is 16.5. The molecule has 0 amide bonds. The Morgan fingerprint density at radius 3 is 2.93 bits per heavy atom. The lowest BCUT2D eigenvalue weighted by molar-refractivity contribution is 0.103. The molecule has 2 rings (SSSR count). The Balaban J connectivity index is 2.50. The first-order chi connectivity index (χ1) is 6.83. The summed E-state index contributed by atoms with van der Waals surface area (Å²) in [5, 5.41) is 8.87. The number of Topliss-reactive ketones (excluding diaryl/α,β-unsaturated/α-hetero) is 1. The molecule has 14 heavy (non-hydrogen) atoms. The van der Waals surface area contributed by atoms with Crippen molar-refractivity contribution in [3.63, 3.8) is 0 Å². The van der Waals surface area contributed by atoms with Crippen LogP contribution in [0.2, 0.25) is 0 Å². The normalized spacial score (nSPS) is 18.6. The number of carbonyl (C=O) groups is 1. The van der Waals surface area contributed by atoms with Gasteiger partial charge in [0, 0.05) is 12.0 Å². The van der Waals surface area contributed by atoms with Gasteiger partial charge in [0.25, 0.3) is 0 Å². The number of ether oxygens (including phenoxy) is 1. The molecule has 0 saturated carbocycles. The van der Waals surface area contributed by atoms with E-state index < -0.39 is 0 Å². The Morgan fingerprint density at radius 2 is 2.14 bits per heavy atom. The summed E-state index contributed by atoms with van der Waals surface area (Å²) >= 11 is 0. The molecule has 0 unspecified atom stereocenters. The van der Waals surface area contributed by atoms with Crippen LogP contribution in [-0.4, -0.2) is 17.5 Å². The smallest absolute Gasteiger partial charge is 0.195 e. The van der Waals surface area contributed by atoms with Gasteiger partial charge in [-0.15, -0.1) is 0 Å². The van der Waals surface area contributed by atoms with Crippen LogP contribution in [0.3, 0.4) is 0 Å². The molecule has 3 heteroatoms. The van der Waals surface area contributed by atoms with Gasteiger partial charge in [0.05, 0.1) is 18.4 Å². The molecule has 0 saturated heterocycles. The van der Waals surface area contributed by atoms with Gasteiger partial charge in [-0.2, -0.15) is 0 Å². The number of benzene rings is 1. The minimum Gasteiger partial charge on any atom is -0.515 e. The number of aliphatic hydroxyl groups is 1. The minimum atomic E-state index is -0.152. The summed E-state index contributed by atoms with van der Waals surface area (Å²) in [6.07, 6.45) is 1.32. The minimum absolute atomic E-state index is 0.152. The molecule has 72 valence electrons. The molecule has 1 aliphatic heterocycles. The van der Waals surface area contributed by atoms with Gasteiger partial charge in [0.1, 0.15) is 5.75 Å². The van der Waals surface area contributed by atoms with Gasteiger partial charge in [0.2, 0.25) is 0 Å². The summed E-state index contributed by atoms with van der Waals surface area (Å²) in [5.41, 5.74) is 0.917. The second-order valence-electron chi connectivity index (χ2n) is 3.08. The molecule has 0 spiro atoms. The van der Waals surface area contributed by atoms with Crippen LogP contribution in [0.4, 0.5) is 0 Å². The van der Waals surface area contributed by atoms with E-state index in [1.807, 2.05) is 6.07 Å². The molecule has 0 radical (unpaired) electrons. The van der Waals surface area contributed by atoms with Crippen molar-refractivity contribution in [1.82, 2.24) is 0 Å². The first kappa shape index (κ1) is 8.81. The van der Waals surface area contributed by atoms with Crippen LogP contribution >= 0.6 is 0 Å². The lowest BCUT2D eigenvalue weighted by Gasteiger charge is -2.03. The number of ketones is 1. The zero-order valence-corrected chi connectivity index (χ0v) is 7.56. The Hall–Kier alpha value is -1.77. The van der Waals surface area contributed by atoms with Crippen LogP contribution < -0.4 is 4.74 Å². The van der Waals surface area contributed by atoms with Crippen LogP contribution in [0, 0.1) is 0 Å². The highest BCUT2D eigenvalue weighted by Crippen LogP contribution is 2.25. The molecule has 0 bridgehead atoms. The van der Waals surface area contributed by atoms with Crippen molar-refractivity contribution in [2.75, 3.05) is 6.61 Å². The van der Waals surface area contributed by atoms with Crippen molar-refractivity contribution in [3.8, 4) is 5.75 Å². The number of para-hydroxylation sites is 1. The van der Waals surface area contributed by atoms with Crippen molar-refractivity contribution in [2.45, 2.75) is 6.42 Å². The first-order valence-corrected chi connectivity index (χ1v) is 4.42. The second kappa shape index (κ2) is 3.54. The van der Waals surface area contributed by atoms with Gasteiger partial charge in [-0.05, 0) is 12.1 Å². The number of hydrogen-bond acceptors (Lipinski definition) is 3. The van der Waals surface area contributed by atoms with E-state index >= 15 is 0 Å². The number of rotatable bonds is 0. The van der Waals surface area contributed by atoms with Gasteiger partial charge in [0.15, 0.2) is 5.78 Å². The number of carbonyl (C=O) groups excluding carboxylic acids is 1. The van der Waals surface area contributed by atoms with E-state index in [2.05, 4.69) is 0 Å². The third-order valence-corrected chi connectivity index (χ3v) is 2.21. The summed E-state index contributed by atoms with van der Waals surface area (Å²) in [5.74, 6) is 0.440. The van der Waals surface area contributed by atoms with E-state index in [4.69, 9.17) is 9.84 Å². The van der Waals surface area contributed by atoms with Gasteiger partial charge < -0.3 is 9.84 Å². The molecule has 0 aliphatic carbocycles. The Kier molecular flexibility index (Phi) is 2.23. The predicted octanol–water partition coefficient (Wildman–Crippen LogP) is 2.09. The van der Waals surface area contributed by atoms with Crippen LogP contribution in [0.5, 0.6) is 5.75 Å². The van der Waals surface area contributed by atoms with E-state index in [1.54, 1.807) is 18.2 Å². The maximum atomic E-state index is 11.8. The Bertz CT molecular complexity index is 393. The average Bonchev–Trinajstić information content (AvgIpc) is 2.39. The molecular weight excluding hydrogens is 180 g/mol. The molecule has 1 aromatic carbocycles. The van der Waals surface area contributed by atoms with E-state index in [9.17, 15) is 4.79 Å². The van der Waals surface area contributed by atoms with Crippen LogP contribution in [0.1, 0.15) is 16.8 Å². The molecule has 1 aromatic rings. The van der Waals surface area contributed by atoms with Crippen molar-refractivity contribution in [1.29, 1.82) is 0 Å². The summed E-state index contributed by atoms with van der Waals surface area (Å²) < 4.78 is 5.38. The molecule has 0 atom stereocenters. The fraction of sp³-hybridized carbons (Fsp3) is 0.182. The van der Waals surface area contributed by atoms with E-state index in [0.29, 0.717) is 29.9 Å². The molecular formula is C11H10O3. The second-order valence-corrected chi connectivity index (χ2v) is 3.08. The summed E-state index contributed by atoms with van der Waals surface area (Å²) in [7, 11) is 0. The molecule has 1 N–H and O–H groups in total. The van der Waals surface area contributed by atoms with Gasteiger partial charge >= 0.3 is 0 Å². The van der Waals surface area contributed by atoms with E-state index in [0.717, 1.165) is 6.26 Å². The standard InChI is InChI=1S/C11H10O3/c12-7-8-5-6-14-10-4-2-1-3-9(10)11(8)13/h1-4,7,12H,5-6H2/b8-7+. The lowest BCUT2D eigenvalue weighted by Crippen LogP contribution is -2.01. The van der Waals surface area contributed by atoms with Crippen molar-refractivity contribution < 1.29 is 14.6 Å². The van der Waals surface area contributed by atoms with E-state index in [-0.39, 0.29) is 5.78 Å². The van der Waals surface area contributed by atoms with Gasteiger partial charge in [-0.3, -0.25) is 4.79 Å². The third kappa shape index (κ3) is 1.37. The maximum absolute atomic E-state index is 11.8. The highest BCUT2D eigenvalue weighted by molar-refractivity contribution is 6.10. The lowest BCUT2D eigenvalue weighted by atomic mass is 10.0. The molecule has 1 heterocycles. The van der Waals surface area contributed by atoms with E-state index in [1.165, 1.54) is 0 Å². The quantitative estimate of drug-likeness (QED) is 0.503. The van der Waals surface area contributed by atoms with Crippen LogP contribution in [0.25, 0.3) is 0 Å². The molecule has 3 nitrogen and oxygen atoms in total. The zero-order chi connectivity index (χ0) is 9.97. The van der Waals surface area contributed by atoms with Gasteiger partial charge in [-0.25, -0.2) is 0 Å². The highest BCUT2D eigenvalue weighted by Gasteiger charge is 2.20. The van der Waals surface area contributed by atoms with Crippen LogP contribution in [-0.2, 0) is 0 Å². The fourth-order valence-electron chi connectivity index (χ4n) is 1.46. The number of aliphatic hydroxyl groups excluding tert-OH is 1. The monoisotopic (exact) mass is 190 g/mol. The number of hydrogen-bond donors (Lipinski definition) is 1. The van der Waals surface area contributed by atoms with Gasteiger partial charge in [-0.1, -0.05) is 12.1 Å². The van der Waals surface area contributed by atoms with Crippen molar-refractivity contribution >= 4 is 5.78 Å². The SMILES string of the molecule is O=C1/C(=C/O)CCOc2ccccc21. The first-order valence-electron chi connectivity index (χ1n) is 4.42.